The molecule has 1 aromatic heterocycles. The molecule has 2 N–H and O–H groups in total. The highest BCUT2D eigenvalue weighted by Gasteiger charge is 2.21. The topological polar surface area (TPSA) is 53.1 Å². The molecule has 0 aliphatic carbocycles. The maximum atomic E-state index is 6.26. The summed E-state index contributed by atoms with van der Waals surface area (Å²) >= 11 is 0. The second kappa shape index (κ2) is 5.80. The van der Waals surface area contributed by atoms with Crippen LogP contribution in [0.1, 0.15) is 25.1 Å². The van der Waals surface area contributed by atoms with Crippen molar-refractivity contribution in [3.8, 4) is 5.69 Å². The SMILES string of the molecule is CCC(OC)C(N)c1ccnn1-c1ccccc1. The molecule has 0 aliphatic heterocycles. The molecule has 18 heavy (non-hydrogen) atoms. The van der Waals surface area contributed by atoms with Gasteiger partial charge in [0.2, 0.25) is 0 Å². The maximum Gasteiger partial charge on any atom is 0.0776 e. The van der Waals surface area contributed by atoms with Crippen molar-refractivity contribution in [3.05, 3.63) is 48.3 Å². The first-order chi connectivity index (χ1) is 8.77. The maximum absolute atomic E-state index is 6.26. The van der Waals surface area contributed by atoms with Crippen LogP contribution in [0.15, 0.2) is 42.6 Å². The summed E-state index contributed by atoms with van der Waals surface area (Å²) in [4.78, 5) is 0. The minimum atomic E-state index is -0.178. The van der Waals surface area contributed by atoms with Crippen molar-refractivity contribution < 1.29 is 4.74 Å². The van der Waals surface area contributed by atoms with Crippen molar-refractivity contribution in [3.63, 3.8) is 0 Å². The zero-order chi connectivity index (χ0) is 13.0. The van der Waals surface area contributed by atoms with E-state index in [0.29, 0.717) is 0 Å². The van der Waals surface area contributed by atoms with E-state index in [1.54, 1.807) is 13.3 Å². The molecule has 0 saturated heterocycles. The first-order valence-electron chi connectivity index (χ1n) is 6.15. The molecule has 0 bridgehead atoms. The van der Waals surface area contributed by atoms with Crippen molar-refractivity contribution >= 4 is 0 Å². The summed E-state index contributed by atoms with van der Waals surface area (Å²) in [6, 6.07) is 11.7. The molecule has 2 rings (SSSR count). The van der Waals surface area contributed by atoms with Gasteiger partial charge in [-0.15, -0.1) is 0 Å². The third-order valence-electron chi connectivity index (χ3n) is 3.12. The highest BCUT2D eigenvalue weighted by atomic mass is 16.5. The van der Waals surface area contributed by atoms with Crippen LogP contribution in [0, 0.1) is 0 Å². The summed E-state index contributed by atoms with van der Waals surface area (Å²) < 4.78 is 7.28. The Morgan fingerprint density at radius 3 is 2.61 bits per heavy atom. The van der Waals surface area contributed by atoms with Gasteiger partial charge in [0.1, 0.15) is 0 Å². The summed E-state index contributed by atoms with van der Waals surface area (Å²) in [6.45, 7) is 2.07. The van der Waals surface area contributed by atoms with Gasteiger partial charge in [-0.2, -0.15) is 5.10 Å². The minimum Gasteiger partial charge on any atom is -0.379 e. The summed E-state index contributed by atoms with van der Waals surface area (Å²) in [5, 5.41) is 4.34. The number of hydrogen-bond donors (Lipinski definition) is 1. The molecule has 0 saturated carbocycles. The van der Waals surface area contributed by atoms with E-state index in [1.807, 2.05) is 41.1 Å². The van der Waals surface area contributed by atoms with Crippen molar-refractivity contribution in [2.45, 2.75) is 25.5 Å². The van der Waals surface area contributed by atoms with Crippen LogP contribution in [0.4, 0.5) is 0 Å². The van der Waals surface area contributed by atoms with Gasteiger partial charge in [0.15, 0.2) is 0 Å². The molecule has 0 radical (unpaired) electrons. The van der Waals surface area contributed by atoms with Gasteiger partial charge < -0.3 is 10.5 Å². The number of aromatic nitrogens is 2. The third kappa shape index (κ3) is 2.44. The monoisotopic (exact) mass is 245 g/mol. The molecule has 0 fully saturated rings. The Morgan fingerprint density at radius 1 is 1.28 bits per heavy atom. The predicted molar refractivity (Wildman–Crippen MR) is 71.6 cm³/mol. The Hall–Kier alpha value is -1.65. The van der Waals surface area contributed by atoms with Gasteiger partial charge in [-0.3, -0.25) is 0 Å². The molecule has 96 valence electrons. The largest absolute Gasteiger partial charge is 0.379 e. The summed E-state index contributed by atoms with van der Waals surface area (Å²) in [5.74, 6) is 0. The zero-order valence-electron chi connectivity index (χ0n) is 10.8. The van der Waals surface area contributed by atoms with Crippen LogP contribution in [0.5, 0.6) is 0 Å². The van der Waals surface area contributed by atoms with Crippen molar-refractivity contribution in [2.24, 2.45) is 5.73 Å². The number of hydrogen-bond acceptors (Lipinski definition) is 3. The standard InChI is InChI=1S/C14H19N3O/c1-3-13(18-2)14(15)12-9-10-16-17(12)11-7-5-4-6-8-11/h4-10,13-14H,3,15H2,1-2H3. The quantitative estimate of drug-likeness (QED) is 0.879. The molecular weight excluding hydrogens is 226 g/mol. The van der Waals surface area contributed by atoms with E-state index in [2.05, 4.69) is 12.0 Å². The number of ether oxygens (including phenoxy) is 1. The van der Waals surface area contributed by atoms with Gasteiger partial charge in [-0.1, -0.05) is 25.1 Å². The number of rotatable bonds is 5. The Kier molecular flexibility index (Phi) is 4.12. The average Bonchev–Trinajstić information content (AvgIpc) is 2.90. The van der Waals surface area contributed by atoms with E-state index in [9.17, 15) is 0 Å². The van der Waals surface area contributed by atoms with Crippen LogP contribution in [0.3, 0.4) is 0 Å². The van der Waals surface area contributed by atoms with E-state index in [-0.39, 0.29) is 12.1 Å². The molecule has 0 aliphatic rings. The summed E-state index contributed by atoms with van der Waals surface area (Å²) in [6.07, 6.45) is 2.64. The Balaban J connectivity index is 2.33. The van der Waals surface area contributed by atoms with E-state index >= 15 is 0 Å². The van der Waals surface area contributed by atoms with Gasteiger partial charge in [0, 0.05) is 13.3 Å². The number of para-hydroxylation sites is 1. The van der Waals surface area contributed by atoms with Crippen LogP contribution < -0.4 is 5.73 Å². The average molecular weight is 245 g/mol. The van der Waals surface area contributed by atoms with Crippen molar-refractivity contribution in [1.82, 2.24) is 9.78 Å². The fourth-order valence-corrected chi connectivity index (χ4v) is 2.11. The molecule has 4 heteroatoms. The highest BCUT2D eigenvalue weighted by molar-refractivity contribution is 5.33. The fourth-order valence-electron chi connectivity index (χ4n) is 2.11. The lowest BCUT2D eigenvalue weighted by Gasteiger charge is -2.22. The van der Waals surface area contributed by atoms with Gasteiger partial charge >= 0.3 is 0 Å². The van der Waals surface area contributed by atoms with Gasteiger partial charge in [-0.25, -0.2) is 4.68 Å². The first kappa shape index (κ1) is 12.8. The molecule has 4 nitrogen and oxygen atoms in total. The molecular formula is C14H19N3O. The molecule has 2 aromatic rings. The Bertz CT molecular complexity index is 477. The van der Waals surface area contributed by atoms with Crippen LogP contribution in [0.25, 0.3) is 5.69 Å². The van der Waals surface area contributed by atoms with E-state index in [1.165, 1.54) is 0 Å². The predicted octanol–water partition coefficient (Wildman–Crippen LogP) is 2.30. The molecule has 1 heterocycles. The number of nitrogens with zero attached hydrogens (tertiary/aromatic N) is 2. The van der Waals surface area contributed by atoms with E-state index in [0.717, 1.165) is 17.8 Å². The van der Waals surface area contributed by atoms with Crippen LogP contribution in [-0.4, -0.2) is 23.0 Å². The molecule has 0 spiro atoms. The van der Waals surface area contributed by atoms with Crippen LogP contribution in [0.2, 0.25) is 0 Å². The molecule has 2 atom stereocenters. The smallest absolute Gasteiger partial charge is 0.0776 e. The highest BCUT2D eigenvalue weighted by Crippen LogP contribution is 2.21. The van der Waals surface area contributed by atoms with Crippen LogP contribution in [-0.2, 0) is 4.74 Å². The fraction of sp³-hybridized carbons (Fsp3) is 0.357. The van der Waals surface area contributed by atoms with Crippen molar-refractivity contribution in [1.29, 1.82) is 0 Å². The van der Waals surface area contributed by atoms with Crippen LogP contribution >= 0.6 is 0 Å². The van der Waals surface area contributed by atoms with Gasteiger partial charge in [0.25, 0.3) is 0 Å². The summed E-state index contributed by atoms with van der Waals surface area (Å²) in [7, 11) is 1.69. The van der Waals surface area contributed by atoms with Gasteiger partial charge in [0.05, 0.1) is 23.5 Å². The number of methoxy groups -OCH3 is 1. The summed E-state index contributed by atoms with van der Waals surface area (Å²) in [5.41, 5.74) is 8.24. The van der Waals surface area contributed by atoms with Crippen molar-refractivity contribution in [2.75, 3.05) is 7.11 Å². The van der Waals surface area contributed by atoms with E-state index in [4.69, 9.17) is 10.5 Å². The second-order valence-electron chi connectivity index (χ2n) is 4.21. The van der Waals surface area contributed by atoms with Gasteiger partial charge in [-0.05, 0) is 24.6 Å². The Morgan fingerprint density at radius 2 is 2.00 bits per heavy atom. The first-order valence-corrected chi connectivity index (χ1v) is 6.15. The lowest BCUT2D eigenvalue weighted by molar-refractivity contribution is 0.0753. The number of nitrogens with two attached hydrogens (primary N) is 1. The molecule has 2 unspecified atom stereocenters. The Labute approximate surface area is 107 Å². The minimum absolute atomic E-state index is 0.00385. The number of benzene rings is 1. The second-order valence-corrected chi connectivity index (χ2v) is 4.21. The van der Waals surface area contributed by atoms with E-state index < -0.39 is 0 Å². The normalized spacial score (nSPS) is 14.4. The molecule has 0 amide bonds. The lowest BCUT2D eigenvalue weighted by Crippen LogP contribution is -2.29. The molecule has 1 aromatic carbocycles. The lowest BCUT2D eigenvalue weighted by atomic mass is 10.1. The zero-order valence-corrected chi connectivity index (χ0v) is 10.8. The third-order valence-corrected chi connectivity index (χ3v) is 3.12.